The minimum atomic E-state index is 0.646. The molecule has 98 valence electrons. The molecule has 0 radical (unpaired) electrons. The second-order valence-corrected chi connectivity index (χ2v) is 5.54. The zero-order valence-electron chi connectivity index (χ0n) is 11.8. The lowest BCUT2D eigenvalue weighted by Gasteiger charge is -2.21. The Bertz CT molecular complexity index is 146. The van der Waals surface area contributed by atoms with Crippen LogP contribution < -0.4 is 11.1 Å². The van der Waals surface area contributed by atoms with E-state index in [1.807, 2.05) is 0 Å². The third kappa shape index (κ3) is 9.17. The van der Waals surface area contributed by atoms with Gasteiger partial charge in [-0.1, -0.05) is 40.0 Å². The summed E-state index contributed by atoms with van der Waals surface area (Å²) in [6.45, 7) is 11.0. The van der Waals surface area contributed by atoms with Gasteiger partial charge in [0.25, 0.3) is 0 Å². The summed E-state index contributed by atoms with van der Waals surface area (Å²) >= 11 is 0. The second-order valence-electron chi connectivity index (χ2n) is 5.54. The molecule has 0 aromatic rings. The summed E-state index contributed by atoms with van der Waals surface area (Å²) in [7, 11) is 0. The summed E-state index contributed by atoms with van der Waals surface area (Å²) in [6, 6.07) is 0.646. The van der Waals surface area contributed by atoms with Gasteiger partial charge in [0.2, 0.25) is 0 Å². The van der Waals surface area contributed by atoms with Crippen molar-refractivity contribution in [2.75, 3.05) is 13.1 Å². The highest BCUT2D eigenvalue weighted by Crippen LogP contribution is 2.10. The number of nitrogens with two attached hydrogens (primary N) is 1. The SMILES string of the molecule is CCCCCC(C)NCC(CN)CC(C)C. The molecule has 2 unspecified atom stereocenters. The number of nitrogens with one attached hydrogen (secondary N) is 1. The van der Waals surface area contributed by atoms with Gasteiger partial charge in [0.1, 0.15) is 0 Å². The Balaban J connectivity index is 3.58. The van der Waals surface area contributed by atoms with Gasteiger partial charge in [0.15, 0.2) is 0 Å². The smallest absolute Gasteiger partial charge is 0.00388 e. The summed E-state index contributed by atoms with van der Waals surface area (Å²) in [5, 5.41) is 3.62. The maximum Gasteiger partial charge on any atom is 0.00388 e. The summed E-state index contributed by atoms with van der Waals surface area (Å²) in [5.74, 6) is 1.40. The van der Waals surface area contributed by atoms with Crippen LogP contribution in [0.4, 0.5) is 0 Å². The highest BCUT2D eigenvalue weighted by molar-refractivity contribution is 4.68. The van der Waals surface area contributed by atoms with Crippen molar-refractivity contribution in [2.45, 2.75) is 65.8 Å². The van der Waals surface area contributed by atoms with E-state index in [2.05, 4.69) is 33.0 Å². The first kappa shape index (κ1) is 15.9. The van der Waals surface area contributed by atoms with Gasteiger partial charge in [-0.15, -0.1) is 0 Å². The molecule has 0 aromatic carbocycles. The molecule has 16 heavy (non-hydrogen) atoms. The van der Waals surface area contributed by atoms with Crippen molar-refractivity contribution < 1.29 is 0 Å². The molecular formula is C14H32N2. The van der Waals surface area contributed by atoms with Crippen molar-refractivity contribution in [3.63, 3.8) is 0 Å². The largest absolute Gasteiger partial charge is 0.330 e. The molecule has 0 fully saturated rings. The number of hydrogen-bond donors (Lipinski definition) is 2. The van der Waals surface area contributed by atoms with Gasteiger partial charge in [-0.25, -0.2) is 0 Å². The Morgan fingerprint density at radius 3 is 2.31 bits per heavy atom. The van der Waals surface area contributed by atoms with Gasteiger partial charge in [0.05, 0.1) is 0 Å². The summed E-state index contributed by atoms with van der Waals surface area (Å²) in [6.07, 6.45) is 6.56. The van der Waals surface area contributed by atoms with Crippen LogP contribution >= 0.6 is 0 Å². The van der Waals surface area contributed by atoms with Gasteiger partial charge in [-0.3, -0.25) is 0 Å². The molecule has 0 aromatic heterocycles. The Morgan fingerprint density at radius 2 is 1.81 bits per heavy atom. The molecule has 2 atom stereocenters. The minimum Gasteiger partial charge on any atom is -0.330 e. The number of hydrogen-bond acceptors (Lipinski definition) is 2. The highest BCUT2D eigenvalue weighted by atomic mass is 14.9. The van der Waals surface area contributed by atoms with E-state index in [0.717, 1.165) is 19.0 Å². The molecule has 0 saturated heterocycles. The minimum absolute atomic E-state index is 0.646. The topological polar surface area (TPSA) is 38.0 Å². The molecule has 0 amide bonds. The second kappa shape index (κ2) is 10.1. The third-order valence-electron chi connectivity index (χ3n) is 3.13. The monoisotopic (exact) mass is 228 g/mol. The molecule has 2 nitrogen and oxygen atoms in total. The van der Waals surface area contributed by atoms with Gasteiger partial charge < -0.3 is 11.1 Å². The van der Waals surface area contributed by atoms with Crippen molar-refractivity contribution in [1.82, 2.24) is 5.32 Å². The van der Waals surface area contributed by atoms with Crippen LogP contribution in [0.2, 0.25) is 0 Å². The fourth-order valence-corrected chi connectivity index (χ4v) is 2.10. The zero-order chi connectivity index (χ0) is 12.4. The number of rotatable bonds is 10. The number of unbranched alkanes of at least 4 members (excludes halogenated alkanes) is 2. The summed E-state index contributed by atoms with van der Waals surface area (Å²) in [4.78, 5) is 0. The lowest BCUT2D eigenvalue weighted by molar-refractivity contribution is 0.367. The molecule has 0 rings (SSSR count). The first-order valence-electron chi connectivity index (χ1n) is 7.03. The van der Waals surface area contributed by atoms with E-state index in [1.54, 1.807) is 0 Å². The fraction of sp³-hybridized carbons (Fsp3) is 1.00. The maximum atomic E-state index is 5.79. The van der Waals surface area contributed by atoms with Crippen molar-refractivity contribution in [3.8, 4) is 0 Å². The summed E-state index contributed by atoms with van der Waals surface area (Å²) < 4.78 is 0. The lowest BCUT2D eigenvalue weighted by Crippen LogP contribution is -2.34. The van der Waals surface area contributed by atoms with Crippen LogP contribution in [0.1, 0.15) is 59.8 Å². The van der Waals surface area contributed by atoms with Gasteiger partial charge in [-0.05, 0) is 44.7 Å². The van der Waals surface area contributed by atoms with E-state index in [9.17, 15) is 0 Å². The van der Waals surface area contributed by atoms with Crippen molar-refractivity contribution in [3.05, 3.63) is 0 Å². The van der Waals surface area contributed by atoms with E-state index in [4.69, 9.17) is 5.73 Å². The molecule has 0 heterocycles. The van der Waals surface area contributed by atoms with Crippen LogP contribution in [0, 0.1) is 11.8 Å². The fourth-order valence-electron chi connectivity index (χ4n) is 2.10. The molecule has 0 aliphatic rings. The Hall–Kier alpha value is -0.0800. The van der Waals surface area contributed by atoms with E-state index in [-0.39, 0.29) is 0 Å². The lowest BCUT2D eigenvalue weighted by atomic mass is 9.97. The standard InChI is InChI=1S/C14H32N2/c1-5-6-7-8-13(4)16-11-14(10-15)9-12(2)3/h12-14,16H,5-11,15H2,1-4H3. The Morgan fingerprint density at radius 1 is 1.12 bits per heavy atom. The zero-order valence-corrected chi connectivity index (χ0v) is 11.8. The molecule has 3 N–H and O–H groups in total. The summed E-state index contributed by atoms with van der Waals surface area (Å²) in [5.41, 5.74) is 5.79. The maximum absolute atomic E-state index is 5.79. The molecule has 0 saturated carbocycles. The average molecular weight is 228 g/mol. The Kier molecular flexibility index (Phi) is 10.0. The van der Waals surface area contributed by atoms with Crippen LogP contribution in [0.3, 0.4) is 0 Å². The van der Waals surface area contributed by atoms with E-state index in [0.29, 0.717) is 12.0 Å². The molecular weight excluding hydrogens is 196 g/mol. The quantitative estimate of drug-likeness (QED) is 0.564. The van der Waals surface area contributed by atoms with Gasteiger partial charge in [0, 0.05) is 6.04 Å². The van der Waals surface area contributed by atoms with Gasteiger partial charge in [-0.2, -0.15) is 0 Å². The predicted molar refractivity (Wildman–Crippen MR) is 73.6 cm³/mol. The van der Waals surface area contributed by atoms with Gasteiger partial charge >= 0.3 is 0 Å². The average Bonchev–Trinajstić information content (AvgIpc) is 2.24. The highest BCUT2D eigenvalue weighted by Gasteiger charge is 2.10. The molecule has 0 aliphatic heterocycles. The van der Waals surface area contributed by atoms with Crippen LogP contribution in [-0.4, -0.2) is 19.1 Å². The molecule has 0 spiro atoms. The van der Waals surface area contributed by atoms with E-state index >= 15 is 0 Å². The van der Waals surface area contributed by atoms with E-state index in [1.165, 1.54) is 32.1 Å². The molecule has 0 bridgehead atoms. The van der Waals surface area contributed by atoms with Crippen LogP contribution in [0.25, 0.3) is 0 Å². The van der Waals surface area contributed by atoms with Crippen LogP contribution in [-0.2, 0) is 0 Å². The first-order chi connectivity index (χ1) is 7.60. The van der Waals surface area contributed by atoms with Crippen LogP contribution in [0.5, 0.6) is 0 Å². The molecule has 0 aliphatic carbocycles. The van der Waals surface area contributed by atoms with Crippen molar-refractivity contribution in [1.29, 1.82) is 0 Å². The van der Waals surface area contributed by atoms with Crippen LogP contribution in [0.15, 0.2) is 0 Å². The van der Waals surface area contributed by atoms with Crippen molar-refractivity contribution in [2.24, 2.45) is 17.6 Å². The van der Waals surface area contributed by atoms with E-state index < -0.39 is 0 Å². The third-order valence-corrected chi connectivity index (χ3v) is 3.13. The first-order valence-corrected chi connectivity index (χ1v) is 7.03. The molecule has 2 heteroatoms. The predicted octanol–water partition coefficient (Wildman–Crippen LogP) is 3.17. The van der Waals surface area contributed by atoms with Crippen molar-refractivity contribution >= 4 is 0 Å². The normalized spacial score (nSPS) is 15.4. The Labute approximate surface area is 102 Å².